The summed E-state index contributed by atoms with van der Waals surface area (Å²) in [6, 6.07) is 7.12. The van der Waals surface area contributed by atoms with E-state index in [2.05, 4.69) is 28.9 Å². The Kier molecular flexibility index (Phi) is 4.16. The standard InChI is InChI=1S/C17H27N3/c1-14-13-15(18)5-6-17(14)20-11-7-16(8-12-20)19-9-3-2-4-10-19/h5-6,13,16H,2-4,7-12,18H2,1H3. The molecule has 3 rings (SSSR count). The van der Waals surface area contributed by atoms with Crippen LogP contribution in [-0.4, -0.2) is 37.1 Å². The van der Waals surface area contributed by atoms with Crippen LogP contribution in [0.25, 0.3) is 0 Å². The van der Waals surface area contributed by atoms with Crippen molar-refractivity contribution in [3.8, 4) is 0 Å². The number of nitrogens with two attached hydrogens (primary N) is 1. The number of nitrogen functional groups attached to an aromatic ring is 1. The van der Waals surface area contributed by atoms with Gasteiger partial charge in [-0.2, -0.15) is 0 Å². The minimum absolute atomic E-state index is 0.820. The molecule has 0 bridgehead atoms. The van der Waals surface area contributed by atoms with E-state index in [1.807, 2.05) is 6.07 Å². The lowest BCUT2D eigenvalue weighted by molar-refractivity contribution is 0.141. The predicted molar refractivity (Wildman–Crippen MR) is 86.3 cm³/mol. The van der Waals surface area contributed by atoms with Gasteiger partial charge in [0.25, 0.3) is 0 Å². The zero-order chi connectivity index (χ0) is 13.9. The molecule has 20 heavy (non-hydrogen) atoms. The van der Waals surface area contributed by atoms with Gasteiger partial charge in [-0.3, -0.25) is 0 Å². The quantitative estimate of drug-likeness (QED) is 0.841. The molecule has 2 aliphatic rings. The van der Waals surface area contributed by atoms with Gasteiger partial charge in [-0.05, 0) is 69.5 Å². The largest absolute Gasteiger partial charge is 0.399 e. The van der Waals surface area contributed by atoms with Crippen molar-refractivity contribution in [2.24, 2.45) is 0 Å². The molecule has 0 saturated carbocycles. The average Bonchev–Trinajstić information content (AvgIpc) is 2.48. The lowest BCUT2D eigenvalue weighted by Crippen LogP contribution is -2.46. The molecule has 2 saturated heterocycles. The Hall–Kier alpha value is -1.22. The van der Waals surface area contributed by atoms with Gasteiger partial charge in [0, 0.05) is 30.5 Å². The van der Waals surface area contributed by atoms with Gasteiger partial charge in [0.2, 0.25) is 0 Å². The molecule has 0 spiro atoms. The third-order valence-electron chi connectivity index (χ3n) is 4.93. The average molecular weight is 273 g/mol. The summed E-state index contributed by atoms with van der Waals surface area (Å²) in [5, 5.41) is 0. The first-order chi connectivity index (χ1) is 9.74. The first kappa shape index (κ1) is 13.7. The van der Waals surface area contributed by atoms with Crippen LogP contribution in [0.5, 0.6) is 0 Å². The normalized spacial score (nSPS) is 22.1. The SMILES string of the molecule is Cc1cc(N)ccc1N1CCC(N2CCCCC2)CC1. The van der Waals surface area contributed by atoms with E-state index in [4.69, 9.17) is 5.73 Å². The van der Waals surface area contributed by atoms with E-state index < -0.39 is 0 Å². The van der Waals surface area contributed by atoms with Crippen LogP contribution in [0.4, 0.5) is 11.4 Å². The molecule has 0 amide bonds. The molecule has 3 nitrogen and oxygen atoms in total. The Morgan fingerprint density at radius 1 is 1.00 bits per heavy atom. The zero-order valence-electron chi connectivity index (χ0n) is 12.6. The molecule has 2 aliphatic heterocycles. The van der Waals surface area contributed by atoms with Gasteiger partial charge in [0.1, 0.15) is 0 Å². The molecule has 3 heteroatoms. The number of hydrogen-bond acceptors (Lipinski definition) is 3. The fourth-order valence-corrected chi connectivity index (χ4v) is 3.79. The summed E-state index contributed by atoms with van der Waals surface area (Å²) >= 11 is 0. The van der Waals surface area contributed by atoms with Crippen molar-refractivity contribution in [1.29, 1.82) is 0 Å². The van der Waals surface area contributed by atoms with Crippen LogP contribution in [0.15, 0.2) is 18.2 Å². The van der Waals surface area contributed by atoms with E-state index in [1.54, 1.807) is 0 Å². The Bertz CT molecular complexity index is 444. The van der Waals surface area contributed by atoms with Crippen LogP contribution < -0.4 is 10.6 Å². The molecule has 0 aliphatic carbocycles. The maximum atomic E-state index is 5.85. The van der Waals surface area contributed by atoms with Crippen LogP contribution in [0.3, 0.4) is 0 Å². The third kappa shape index (κ3) is 2.93. The number of aryl methyl sites for hydroxylation is 1. The smallest absolute Gasteiger partial charge is 0.0397 e. The van der Waals surface area contributed by atoms with Gasteiger partial charge in [-0.15, -0.1) is 0 Å². The lowest BCUT2D eigenvalue weighted by Gasteiger charge is -2.41. The van der Waals surface area contributed by atoms with Crippen LogP contribution in [-0.2, 0) is 0 Å². The molecular weight excluding hydrogens is 246 g/mol. The molecule has 2 heterocycles. The van der Waals surface area contributed by atoms with Crippen LogP contribution >= 0.6 is 0 Å². The molecule has 0 aromatic heterocycles. The molecule has 2 N–H and O–H groups in total. The number of rotatable bonds is 2. The maximum absolute atomic E-state index is 5.85. The van der Waals surface area contributed by atoms with Gasteiger partial charge in [0.15, 0.2) is 0 Å². The molecule has 0 unspecified atom stereocenters. The number of nitrogens with zero attached hydrogens (tertiary/aromatic N) is 2. The van der Waals surface area contributed by atoms with E-state index in [1.165, 1.54) is 69.5 Å². The Labute approximate surface area is 122 Å². The summed E-state index contributed by atoms with van der Waals surface area (Å²) in [6.07, 6.45) is 6.85. The predicted octanol–water partition coefficient (Wildman–Crippen LogP) is 3.03. The first-order valence-corrected chi connectivity index (χ1v) is 8.09. The highest BCUT2D eigenvalue weighted by atomic mass is 15.2. The Morgan fingerprint density at radius 3 is 2.35 bits per heavy atom. The lowest BCUT2D eigenvalue weighted by atomic mass is 9.99. The van der Waals surface area contributed by atoms with Crippen molar-refractivity contribution in [3.63, 3.8) is 0 Å². The second kappa shape index (κ2) is 6.04. The summed E-state index contributed by atoms with van der Waals surface area (Å²) in [5.41, 5.74) is 9.40. The number of piperidine rings is 2. The number of likely N-dealkylation sites (tertiary alicyclic amines) is 1. The van der Waals surface area contributed by atoms with E-state index in [0.29, 0.717) is 0 Å². The fourth-order valence-electron chi connectivity index (χ4n) is 3.79. The minimum atomic E-state index is 0.820. The second-order valence-electron chi connectivity index (χ2n) is 6.36. The van der Waals surface area contributed by atoms with E-state index in [-0.39, 0.29) is 0 Å². The number of benzene rings is 1. The molecule has 1 aromatic carbocycles. The van der Waals surface area contributed by atoms with Crippen molar-refractivity contribution in [2.75, 3.05) is 36.8 Å². The van der Waals surface area contributed by atoms with Crippen molar-refractivity contribution in [3.05, 3.63) is 23.8 Å². The molecule has 1 aromatic rings. The zero-order valence-corrected chi connectivity index (χ0v) is 12.6. The molecular formula is C17H27N3. The van der Waals surface area contributed by atoms with Crippen LogP contribution in [0.1, 0.15) is 37.7 Å². The Balaban J connectivity index is 1.60. The highest BCUT2D eigenvalue weighted by Crippen LogP contribution is 2.27. The topological polar surface area (TPSA) is 32.5 Å². The highest BCUT2D eigenvalue weighted by molar-refractivity contribution is 5.59. The summed E-state index contributed by atoms with van der Waals surface area (Å²) in [7, 11) is 0. The van der Waals surface area contributed by atoms with Crippen LogP contribution in [0.2, 0.25) is 0 Å². The molecule has 0 atom stereocenters. The van der Waals surface area contributed by atoms with E-state index in [9.17, 15) is 0 Å². The van der Waals surface area contributed by atoms with Gasteiger partial charge < -0.3 is 15.5 Å². The van der Waals surface area contributed by atoms with Gasteiger partial charge in [0.05, 0.1) is 0 Å². The van der Waals surface area contributed by atoms with E-state index >= 15 is 0 Å². The van der Waals surface area contributed by atoms with Crippen molar-refractivity contribution < 1.29 is 0 Å². The second-order valence-corrected chi connectivity index (χ2v) is 6.36. The monoisotopic (exact) mass is 273 g/mol. The van der Waals surface area contributed by atoms with Crippen molar-refractivity contribution >= 4 is 11.4 Å². The Morgan fingerprint density at radius 2 is 1.70 bits per heavy atom. The summed E-state index contributed by atoms with van der Waals surface area (Å²) in [4.78, 5) is 5.27. The van der Waals surface area contributed by atoms with Crippen molar-refractivity contribution in [1.82, 2.24) is 4.90 Å². The third-order valence-corrected chi connectivity index (χ3v) is 4.93. The maximum Gasteiger partial charge on any atom is 0.0397 e. The molecule has 2 fully saturated rings. The van der Waals surface area contributed by atoms with Gasteiger partial charge in [-0.25, -0.2) is 0 Å². The number of anilines is 2. The summed E-state index contributed by atoms with van der Waals surface area (Å²) in [6.45, 7) is 7.19. The number of hydrogen-bond donors (Lipinski definition) is 1. The summed E-state index contributed by atoms with van der Waals surface area (Å²) in [5.74, 6) is 0. The first-order valence-electron chi connectivity index (χ1n) is 8.09. The van der Waals surface area contributed by atoms with Gasteiger partial charge >= 0.3 is 0 Å². The van der Waals surface area contributed by atoms with Gasteiger partial charge in [-0.1, -0.05) is 6.42 Å². The molecule has 110 valence electrons. The van der Waals surface area contributed by atoms with E-state index in [0.717, 1.165) is 11.7 Å². The minimum Gasteiger partial charge on any atom is -0.399 e. The summed E-state index contributed by atoms with van der Waals surface area (Å²) < 4.78 is 0. The van der Waals surface area contributed by atoms with Crippen LogP contribution in [0, 0.1) is 6.92 Å². The fraction of sp³-hybridized carbons (Fsp3) is 0.647. The highest BCUT2D eigenvalue weighted by Gasteiger charge is 2.25. The van der Waals surface area contributed by atoms with Crippen molar-refractivity contribution in [2.45, 2.75) is 45.1 Å². The molecule has 0 radical (unpaired) electrons.